The first-order valence-corrected chi connectivity index (χ1v) is 10.1. The molecule has 6 nitrogen and oxygen atoms in total. The van der Waals surface area contributed by atoms with Crippen LogP contribution in [0.2, 0.25) is 0 Å². The van der Waals surface area contributed by atoms with Crippen LogP contribution in [0.25, 0.3) is 0 Å². The lowest BCUT2D eigenvalue weighted by Gasteiger charge is -2.21. The highest BCUT2D eigenvalue weighted by molar-refractivity contribution is 5.94. The molecule has 6 heteroatoms. The summed E-state index contributed by atoms with van der Waals surface area (Å²) in [6, 6.07) is 13.6. The summed E-state index contributed by atoms with van der Waals surface area (Å²) in [5.41, 5.74) is 3.08. The maximum atomic E-state index is 12.5. The maximum Gasteiger partial charge on any atom is 0.243 e. The van der Waals surface area contributed by atoms with Crippen molar-refractivity contribution < 1.29 is 19.1 Å². The van der Waals surface area contributed by atoms with Crippen LogP contribution in [0.5, 0.6) is 11.5 Å². The number of hydrogen-bond acceptors (Lipinski definition) is 4. The van der Waals surface area contributed by atoms with Gasteiger partial charge in [0.1, 0.15) is 13.2 Å². The Morgan fingerprint density at radius 2 is 1.76 bits per heavy atom. The van der Waals surface area contributed by atoms with E-state index in [0.717, 1.165) is 12.8 Å². The first kappa shape index (κ1) is 20.7. The average molecular weight is 396 g/mol. The van der Waals surface area contributed by atoms with Crippen LogP contribution in [0, 0.1) is 6.92 Å². The number of ether oxygens (including phenoxy) is 2. The van der Waals surface area contributed by atoms with Crippen LogP contribution in [-0.2, 0) is 16.0 Å². The minimum atomic E-state index is -0.226. The fourth-order valence-corrected chi connectivity index (χ4v) is 3.23. The van der Waals surface area contributed by atoms with Gasteiger partial charge in [-0.1, -0.05) is 29.8 Å². The number of hydrogen-bond donors (Lipinski definition) is 1. The Balaban J connectivity index is 1.47. The maximum absolute atomic E-state index is 12.5. The number of nitrogens with one attached hydrogen (secondary N) is 1. The molecule has 0 saturated carbocycles. The first-order valence-electron chi connectivity index (χ1n) is 10.1. The van der Waals surface area contributed by atoms with E-state index in [1.165, 1.54) is 11.1 Å². The highest BCUT2D eigenvalue weighted by Gasteiger charge is 2.17. The molecule has 0 bridgehead atoms. The predicted molar refractivity (Wildman–Crippen MR) is 112 cm³/mol. The van der Waals surface area contributed by atoms with E-state index in [0.29, 0.717) is 43.4 Å². The summed E-state index contributed by atoms with van der Waals surface area (Å²) in [5, 5.41) is 2.83. The van der Waals surface area contributed by atoms with Crippen molar-refractivity contribution in [3.8, 4) is 11.5 Å². The Morgan fingerprint density at radius 1 is 1.03 bits per heavy atom. The Morgan fingerprint density at radius 3 is 2.48 bits per heavy atom. The van der Waals surface area contributed by atoms with Crippen LogP contribution in [0.3, 0.4) is 0 Å². The number of fused-ring (bicyclic) bond motifs is 1. The molecule has 0 unspecified atom stereocenters. The molecule has 0 aliphatic carbocycles. The Hall–Kier alpha value is -3.02. The van der Waals surface area contributed by atoms with Gasteiger partial charge in [0.05, 0.1) is 6.54 Å². The predicted octanol–water partition coefficient (Wildman–Crippen LogP) is 3.58. The van der Waals surface area contributed by atoms with Crippen LogP contribution in [0.4, 0.5) is 5.69 Å². The lowest BCUT2D eigenvalue weighted by atomic mass is 10.1. The molecule has 2 aromatic rings. The molecule has 29 heavy (non-hydrogen) atoms. The Bertz CT molecular complexity index is 848. The van der Waals surface area contributed by atoms with Crippen molar-refractivity contribution in [1.82, 2.24) is 4.90 Å². The van der Waals surface area contributed by atoms with Crippen molar-refractivity contribution in [1.29, 1.82) is 0 Å². The zero-order valence-electron chi connectivity index (χ0n) is 17.1. The highest BCUT2D eigenvalue weighted by Crippen LogP contribution is 2.32. The van der Waals surface area contributed by atoms with Gasteiger partial charge in [0.25, 0.3) is 0 Å². The molecular formula is C23H28N2O4. The molecule has 0 spiro atoms. The molecular weight excluding hydrogens is 368 g/mol. The number of amides is 2. The van der Waals surface area contributed by atoms with Gasteiger partial charge in [0, 0.05) is 24.7 Å². The average Bonchev–Trinajstić information content (AvgIpc) is 2.73. The van der Waals surface area contributed by atoms with E-state index >= 15 is 0 Å². The van der Waals surface area contributed by atoms with Crippen LogP contribution in [0.1, 0.15) is 30.9 Å². The summed E-state index contributed by atoms with van der Waals surface area (Å²) in [4.78, 5) is 26.5. The van der Waals surface area contributed by atoms with Gasteiger partial charge >= 0.3 is 0 Å². The normalized spacial score (nSPS) is 12.3. The SMILES string of the molecule is CCN(CC(=O)Nc1ccc2c(c1)OCCO2)C(=O)CCCc1ccc(C)cc1. The number of anilines is 1. The zero-order valence-corrected chi connectivity index (χ0v) is 17.1. The second-order valence-electron chi connectivity index (χ2n) is 7.15. The smallest absolute Gasteiger partial charge is 0.243 e. The van der Waals surface area contributed by atoms with Crippen molar-refractivity contribution in [2.75, 3.05) is 31.6 Å². The fourth-order valence-electron chi connectivity index (χ4n) is 3.23. The van der Waals surface area contributed by atoms with Crippen molar-refractivity contribution >= 4 is 17.5 Å². The van der Waals surface area contributed by atoms with E-state index in [4.69, 9.17) is 9.47 Å². The van der Waals surface area contributed by atoms with Gasteiger partial charge in [0.15, 0.2) is 11.5 Å². The number of nitrogens with zero attached hydrogens (tertiary/aromatic N) is 1. The number of rotatable bonds is 8. The summed E-state index contributed by atoms with van der Waals surface area (Å²) in [5.74, 6) is 1.06. The summed E-state index contributed by atoms with van der Waals surface area (Å²) >= 11 is 0. The molecule has 1 heterocycles. The van der Waals surface area contributed by atoms with Crippen molar-refractivity contribution in [3.05, 3.63) is 53.6 Å². The monoisotopic (exact) mass is 396 g/mol. The molecule has 1 aliphatic heterocycles. The van der Waals surface area contributed by atoms with Crippen molar-refractivity contribution in [2.45, 2.75) is 33.1 Å². The third-order valence-corrected chi connectivity index (χ3v) is 4.87. The van der Waals surface area contributed by atoms with E-state index in [1.807, 2.05) is 6.92 Å². The number of carbonyl (C=O) groups is 2. The topological polar surface area (TPSA) is 67.9 Å². The molecule has 0 radical (unpaired) electrons. The molecule has 1 N–H and O–H groups in total. The minimum absolute atomic E-state index is 0.00284. The van der Waals surface area contributed by atoms with E-state index < -0.39 is 0 Å². The van der Waals surface area contributed by atoms with Gasteiger partial charge in [-0.25, -0.2) is 0 Å². The molecule has 0 saturated heterocycles. The second kappa shape index (κ2) is 9.96. The number of benzene rings is 2. The van der Waals surface area contributed by atoms with E-state index in [1.54, 1.807) is 23.1 Å². The first-order chi connectivity index (χ1) is 14.0. The number of aryl methyl sites for hydroxylation is 2. The summed E-state index contributed by atoms with van der Waals surface area (Å²) in [6.45, 7) is 5.49. The van der Waals surface area contributed by atoms with Gasteiger partial charge < -0.3 is 19.7 Å². The fraction of sp³-hybridized carbons (Fsp3) is 0.391. The Labute approximate surface area is 171 Å². The quantitative estimate of drug-likeness (QED) is 0.741. The molecule has 3 rings (SSSR count). The molecule has 0 aromatic heterocycles. The highest BCUT2D eigenvalue weighted by atomic mass is 16.6. The molecule has 1 aliphatic rings. The van der Waals surface area contributed by atoms with E-state index in [-0.39, 0.29) is 18.4 Å². The van der Waals surface area contributed by atoms with Gasteiger partial charge in [-0.15, -0.1) is 0 Å². The van der Waals surface area contributed by atoms with Gasteiger partial charge in [0.2, 0.25) is 11.8 Å². The lowest BCUT2D eigenvalue weighted by Crippen LogP contribution is -2.37. The third-order valence-electron chi connectivity index (χ3n) is 4.87. The summed E-state index contributed by atoms with van der Waals surface area (Å²) < 4.78 is 11.0. The van der Waals surface area contributed by atoms with Crippen LogP contribution >= 0.6 is 0 Å². The molecule has 0 fully saturated rings. The van der Waals surface area contributed by atoms with Crippen LogP contribution in [0.15, 0.2) is 42.5 Å². The molecule has 0 atom stereocenters. The number of likely N-dealkylation sites (N-methyl/N-ethyl adjacent to an activating group) is 1. The van der Waals surface area contributed by atoms with E-state index in [9.17, 15) is 9.59 Å². The van der Waals surface area contributed by atoms with Crippen molar-refractivity contribution in [2.24, 2.45) is 0 Å². The second-order valence-corrected chi connectivity index (χ2v) is 7.15. The van der Waals surface area contributed by atoms with E-state index in [2.05, 4.69) is 36.5 Å². The largest absolute Gasteiger partial charge is 0.486 e. The number of carbonyl (C=O) groups excluding carboxylic acids is 2. The lowest BCUT2D eigenvalue weighted by molar-refractivity contribution is -0.134. The molecule has 154 valence electrons. The third kappa shape index (κ3) is 5.98. The van der Waals surface area contributed by atoms with Gasteiger partial charge in [-0.3, -0.25) is 9.59 Å². The molecule has 2 aromatic carbocycles. The molecule has 2 amide bonds. The van der Waals surface area contributed by atoms with Gasteiger partial charge in [-0.2, -0.15) is 0 Å². The van der Waals surface area contributed by atoms with Crippen molar-refractivity contribution in [3.63, 3.8) is 0 Å². The van der Waals surface area contributed by atoms with Crippen LogP contribution in [-0.4, -0.2) is 43.0 Å². The van der Waals surface area contributed by atoms with Crippen LogP contribution < -0.4 is 14.8 Å². The van der Waals surface area contributed by atoms with Gasteiger partial charge in [-0.05, 0) is 44.4 Å². The standard InChI is InChI=1S/C23H28N2O4/c1-3-25(23(27)6-4-5-18-9-7-17(2)8-10-18)16-22(26)24-19-11-12-20-21(15-19)29-14-13-28-20/h7-12,15H,3-6,13-14,16H2,1-2H3,(H,24,26). The minimum Gasteiger partial charge on any atom is -0.486 e. The Kier molecular flexibility index (Phi) is 7.11. The summed E-state index contributed by atoms with van der Waals surface area (Å²) in [7, 11) is 0. The summed E-state index contributed by atoms with van der Waals surface area (Å²) in [6.07, 6.45) is 2.05. The zero-order chi connectivity index (χ0) is 20.6.